The van der Waals surface area contributed by atoms with Crippen LogP contribution in [-0.4, -0.2) is 74.4 Å². The summed E-state index contributed by atoms with van der Waals surface area (Å²) in [5.41, 5.74) is -4.34. The van der Waals surface area contributed by atoms with Gasteiger partial charge in [-0.05, 0) is 43.4 Å². The van der Waals surface area contributed by atoms with Crippen LogP contribution < -0.4 is 20.1 Å². The van der Waals surface area contributed by atoms with Gasteiger partial charge < -0.3 is 25.0 Å². The number of amides is 1. The van der Waals surface area contributed by atoms with Crippen LogP contribution in [0.15, 0.2) is 35.2 Å². The molecule has 1 saturated heterocycles. The molecule has 39 heavy (non-hydrogen) atoms. The Hall–Kier alpha value is -3.21. The molecule has 0 saturated carbocycles. The van der Waals surface area contributed by atoms with E-state index in [1.165, 1.54) is 13.1 Å². The largest absolute Gasteiger partial charge is 0.486 e. The van der Waals surface area contributed by atoms with Crippen molar-refractivity contribution >= 4 is 44.9 Å². The Labute approximate surface area is 231 Å². The van der Waals surface area contributed by atoms with E-state index in [4.69, 9.17) is 9.47 Å². The summed E-state index contributed by atoms with van der Waals surface area (Å²) in [7, 11) is 4.93. The highest BCUT2D eigenvalue weighted by Gasteiger charge is 2.34. The Kier molecular flexibility index (Phi) is 9.09. The van der Waals surface area contributed by atoms with Gasteiger partial charge in [0.15, 0.2) is 11.6 Å². The Morgan fingerprint density at radius 2 is 2.05 bits per heavy atom. The number of fused-ring (bicyclic) bond motifs is 1. The van der Waals surface area contributed by atoms with E-state index in [1.807, 2.05) is 11.9 Å². The first kappa shape index (κ1) is 28.8. The van der Waals surface area contributed by atoms with Crippen LogP contribution in [-0.2, 0) is 0 Å². The second kappa shape index (κ2) is 12.3. The Balaban J connectivity index is 1.59. The van der Waals surface area contributed by atoms with E-state index in [0.29, 0.717) is 40.4 Å². The zero-order chi connectivity index (χ0) is 28.2. The predicted octanol–water partition coefficient (Wildman–Crippen LogP) is 5.16. The molecule has 3 heterocycles. The highest BCUT2D eigenvalue weighted by molar-refractivity contribution is 8.00. The number of alkyl halides is 4. The van der Waals surface area contributed by atoms with E-state index in [2.05, 4.69) is 27.5 Å². The summed E-state index contributed by atoms with van der Waals surface area (Å²) in [4.78, 5) is 18.0. The summed E-state index contributed by atoms with van der Waals surface area (Å²) in [5.74, 6) is 6.18. The molecule has 0 unspecified atom stereocenters. The van der Waals surface area contributed by atoms with Crippen LogP contribution in [0, 0.1) is 11.8 Å². The van der Waals surface area contributed by atoms with Crippen molar-refractivity contribution < 1.29 is 31.8 Å². The maximum Gasteiger partial charge on any atom is 0.446 e. The molecule has 1 fully saturated rings. The Bertz CT molecular complexity index is 1400. The number of anilines is 1. The van der Waals surface area contributed by atoms with Crippen LogP contribution in [0.5, 0.6) is 11.5 Å². The predicted molar refractivity (Wildman–Crippen MR) is 145 cm³/mol. The van der Waals surface area contributed by atoms with E-state index in [9.17, 15) is 22.4 Å². The number of nitrogens with one attached hydrogen (secondary N) is 2. The molecule has 7 nitrogen and oxygen atoms in total. The first-order chi connectivity index (χ1) is 18.6. The first-order valence-corrected chi connectivity index (χ1v) is 13.6. The van der Waals surface area contributed by atoms with Crippen molar-refractivity contribution in [1.82, 2.24) is 15.2 Å². The normalized spacial score (nSPS) is 17.8. The van der Waals surface area contributed by atoms with E-state index < -0.39 is 17.8 Å². The molecule has 0 bridgehead atoms. The first-order valence-electron chi connectivity index (χ1n) is 11.9. The van der Waals surface area contributed by atoms with E-state index >= 15 is 0 Å². The van der Waals surface area contributed by atoms with Crippen molar-refractivity contribution in [1.29, 1.82) is 0 Å². The van der Waals surface area contributed by atoms with Crippen LogP contribution in [0.4, 0.5) is 23.4 Å². The molecule has 0 aliphatic carbocycles. The lowest BCUT2D eigenvalue weighted by molar-refractivity contribution is -0.0327. The highest BCUT2D eigenvalue weighted by atomic mass is 32.2. The minimum Gasteiger partial charge on any atom is -0.486 e. The van der Waals surface area contributed by atoms with Crippen molar-refractivity contribution in [3.63, 3.8) is 0 Å². The van der Waals surface area contributed by atoms with Gasteiger partial charge in [-0.15, -0.1) is 11.3 Å². The van der Waals surface area contributed by atoms with Crippen LogP contribution in [0.3, 0.4) is 0 Å². The number of thiophene rings is 1. The molecule has 2 atom stereocenters. The minimum atomic E-state index is -4.53. The van der Waals surface area contributed by atoms with Gasteiger partial charge in [-0.3, -0.25) is 4.79 Å². The van der Waals surface area contributed by atoms with Crippen molar-refractivity contribution in [3.8, 4) is 23.3 Å². The number of thioether (sulfide) groups is 1. The lowest BCUT2D eigenvalue weighted by atomic mass is 10.1. The smallest absolute Gasteiger partial charge is 0.446 e. The van der Waals surface area contributed by atoms with E-state index in [0.717, 1.165) is 11.3 Å². The van der Waals surface area contributed by atoms with Crippen molar-refractivity contribution in [2.75, 3.05) is 46.2 Å². The summed E-state index contributed by atoms with van der Waals surface area (Å²) in [6.45, 7) is 0.759. The maximum atomic E-state index is 14.6. The third-order valence-electron chi connectivity index (χ3n) is 5.87. The zero-order valence-corrected chi connectivity index (χ0v) is 23.0. The van der Waals surface area contributed by atoms with Gasteiger partial charge in [-0.1, -0.05) is 24.0 Å². The number of likely N-dealkylation sites (tertiary alicyclic amines) is 1. The number of benzene rings is 1. The number of carbonyl (C=O) groups excluding carboxylic acids is 1. The monoisotopic (exact) mass is 582 g/mol. The fourth-order valence-electron chi connectivity index (χ4n) is 4.02. The van der Waals surface area contributed by atoms with Crippen LogP contribution in [0.25, 0.3) is 10.1 Å². The minimum absolute atomic E-state index is 0.0341. The molecule has 0 radical (unpaired) electrons. The molecule has 2 N–H and O–H groups in total. The number of aromatic nitrogens is 1. The van der Waals surface area contributed by atoms with Gasteiger partial charge in [0.1, 0.15) is 30.3 Å². The van der Waals surface area contributed by atoms with Crippen LogP contribution in [0.2, 0.25) is 0 Å². The summed E-state index contributed by atoms with van der Waals surface area (Å²) < 4.78 is 67.1. The average Bonchev–Trinajstić information content (AvgIpc) is 3.24. The summed E-state index contributed by atoms with van der Waals surface area (Å²) in [6.07, 6.45) is -1.41. The number of piperidine rings is 1. The Morgan fingerprint density at radius 3 is 2.74 bits per heavy atom. The van der Waals surface area contributed by atoms with Gasteiger partial charge >= 0.3 is 5.51 Å². The fraction of sp³-hybridized carbons (Fsp3) is 0.385. The molecular weight excluding hydrogens is 556 g/mol. The maximum absolute atomic E-state index is 14.6. The fourth-order valence-corrected chi connectivity index (χ4v) is 6.02. The molecule has 1 amide bonds. The molecule has 1 aromatic carbocycles. The van der Waals surface area contributed by atoms with Crippen molar-refractivity contribution in [2.24, 2.45) is 0 Å². The Morgan fingerprint density at radius 1 is 1.26 bits per heavy atom. The highest BCUT2D eigenvalue weighted by Crippen LogP contribution is 2.48. The summed E-state index contributed by atoms with van der Waals surface area (Å²) >= 11 is 0.825. The summed E-state index contributed by atoms with van der Waals surface area (Å²) in [5, 5.41) is 5.67. The molecule has 1 aliphatic heterocycles. The van der Waals surface area contributed by atoms with Crippen molar-refractivity contribution in [2.45, 2.75) is 29.1 Å². The molecular formula is C26H26F4N4O3S2. The third kappa shape index (κ3) is 7.06. The number of carbonyl (C=O) groups is 1. The van der Waals surface area contributed by atoms with Gasteiger partial charge in [-0.2, -0.15) is 13.2 Å². The number of ether oxygens (including phenoxy) is 2. The van der Waals surface area contributed by atoms with Crippen molar-refractivity contribution in [3.05, 3.63) is 40.9 Å². The molecule has 4 rings (SSSR count). The average molecular weight is 583 g/mol. The standard InChI is InChI=1S/C26H26F4N4O3S2/c1-31-24-20(10-9-17(33-24)25(35)32-2)36-13-5-8-21-23(39-26(28,29)30)15-6-4-7-19(22(15)38-21)37-18-11-12-34(3)14-16(18)27/h4,6-7,9-10,16,18H,11-14H2,1-3H3,(H,31,33)(H,32,35)/t16-,18+/m0/s1. The van der Waals surface area contributed by atoms with Gasteiger partial charge in [0.25, 0.3) is 5.91 Å². The summed E-state index contributed by atoms with van der Waals surface area (Å²) in [6, 6.07) is 7.86. The number of nitrogens with zero attached hydrogens (tertiary/aromatic N) is 2. The SMILES string of the molecule is CNC(=O)c1ccc(OCC#Cc2sc3c(O[C@@H]4CCN(C)C[C@@H]4F)cccc3c2SC(F)(F)F)c(NC)n1. The lowest BCUT2D eigenvalue weighted by Crippen LogP contribution is -2.45. The quantitative estimate of drug-likeness (QED) is 0.227. The molecule has 0 spiro atoms. The van der Waals surface area contributed by atoms with Crippen LogP contribution >= 0.6 is 23.1 Å². The molecule has 1 aliphatic rings. The van der Waals surface area contributed by atoms with E-state index in [1.54, 1.807) is 31.3 Å². The molecule has 3 aromatic rings. The number of hydrogen-bond acceptors (Lipinski definition) is 8. The van der Waals surface area contributed by atoms with Gasteiger partial charge in [-0.25, -0.2) is 9.37 Å². The van der Waals surface area contributed by atoms with Gasteiger partial charge in [0, 0.05) is 32.6 Å². The molecule has 208 valence electrons. The number of halogens is 4. The lowest BCUT2D eigenvalue weighted by Gasteiger charge is -2.32. The second-order valence-corrected chi connectivity index (χ2v) is 10.7. The zero-order valence-electron chi connectivity index (χ0n) is 21.3. The number of pyridine rings is 1. The van der Waals surface area contributed by atoms with Gasteiger partial charge in [0.2, 0.25) is 0 Å². The van der Waals surface area contributed by atoms with Crippen LogP contribution in [0.1, 0.15) is 21.8 Å². The van der Waals surface area contributed by atoms with E-state index in [-0.39, 0.29) is 46.3 Å². The van der Waals surface area contributed by atoms with Gasteiger partial charge in [0.05, 0.1) is 14.5 Å². The molecule has 13 heteroatoms. The number of rotatable bonds is 7. The number of hydrogen-bond donors (Lipinski definition) is 2. The topological polar surface area (TPSA) is 75.7 Å². The third-order valence-corrected chi connectivity index (χ3v) is 8.00. The second-order valence-electron chi connectivity index (χ2n) is 8.63. The molecule has 2 aromatic heterocycles.